The summed E-state index contributed by atoms with van der Waals surface area (Å²) >= 11 is 0. The van der Waals surface area contributed by atoms with Crippen LogP contribution in [0.25, 0.3) is 0 Å². The number of carbonyl (C=O) groups excluding carboxylic acids is 1. The molecule has 118 valence electrons. The molecule has 2 nitrogen and oxygen atoms in total. The zero-order valence-electron chi connectivity index (χ0n) is 12.3. The highest BCUT2D eigenvalue weighted by atomic mass is 19.4. The molecule has 0 N–H and O–H groups in total. The fourth-order valence-corrected chi connectivity index (χ4v) is 4.19. The van der Waals surface area contributed by atoms with Crippen molar-refractivity contribution < 1.29 is 18.0 Å². The number of halogens is 3. The van der Waals surface area contributed by atoms with Crippen molar-refractivity contribution in [2.45, 2.75) is 30.5 Å². The second-order valence-corrected chi connectivity index (χ2v) is 6.10. The summed E-state index contributed by atoms with van der Waals surface area (Å²) in [5, 5.41) is 0. The third-order valence-electron chi connectivity index (χ3n) is 5.03. The Kier molecular flexibility index (Phi) is 2.72. The fraction of sp³-hybridized carbons (Fsp3) is 0.278. The van der Waals surface area contributed by atoms with E-state index in [9.17, 15) is 18.0 Å². The largest absolute Gasteiger partial charge is 0.401 e. The normalized spacial score (nSPS) is 28.3. The molecule has 0 radical (unpaired) electrons. The lowest BCUT2D eigenvalue weighted by Crippen LogP contribution is -2.42. The number of rotatable bonds is 1. The molecule has 3 atom stereocenters. The Labute approximate surface area is 131 Å². The van der Waals surface area contributed by atoms with Gasteiger partial charge in [0.2, 0.25) is 5.91 Å². The zero-order chi connectivity index (χ0) is 16.4. The van der Waals surface area contributed by atoms with E-state index in [4.69, 9.17) is 0 Å². The van der Waals surface area contributed by atoms with Crippen LogP contribution in [-0.2, 0) is 10.2 Å². The molecule has 1 saturated carbocycles. The molecule has 5 heteroatoms. The number of fused-ring (bicyclic) bond motifs is 3. The highest BCUT2D eigenvalue weighted by Crippen LogP contribution is 2.74. The molecular formula is C18H14F3NO. The average Bonchev–Trinajstić information content (AvgIpc) is 3.08. The third kappa shape index (κ3) is 1.62. The van der Waals surface area contributed by atoms with Gasteiger partial charge in [-0.3, -0.25) is 4.79 Å². The number of para-hydroxylation sites is 1. The lowest BCUT2D eigenvalue weighted by molar-refractivity contribution is -0.164. The summed E-state index contributed by atoms with van der Waals surface area (Å²) in [6, 6.07) is 13.9. The molecule has 2 aliphatic rings. The van der Waals surface area contributed by atoms with Crippen LogP contribution in [0.5, 0.6) is 0 Å². The van der Waals surface area contributed by atoms with Crippen molar-refractivity contribution in [1.29, 1.82) is 0 Å². The monoisotopic (exact) mass is 317 g/mol. The molecule has 1 aliphatic heterocycles. The molecule has 1 amide bonds. The summed E-state index contributed by atoms with van der Waals surface area (Å²) in [5.41, 5.74) is -0.572. The number of carbonyl (C=O) groups is 1. The van der Waals surface area contributed by atoms with Gasteiger partial charge in [-0.1, -0.05) is 48.5 Å². The number of hydrogen-bond acceptors (Lipinski definition) is 1. The molecule has 1 fully saturated rings. The smallest absolute Gasteiger partial charge is 0.307 e. The first-order valence-electron chi connectivity index (χ1n) is 7.41. The Morgan fingerprint density at radius 1 is 1.04 bits per heavy atom. The van der Waals surface area contributed by atoms with Crippen molar-refractivity contribution in [2.75, 3.05) is 4.90 Å². The average molecular weight is 317 g/mol. The van der Waals surface area contributed by atoms with E-state index >= 15 is 0 Å². The second-order valence-electron chi connectivity index (χ2n) is 6.10. The predicted octanol–water partition coefficient (Wildman–Crippen LogP) is 4.02. The summed E-state index contributed by atoms with van der Waals surface area (Å²) in [4.78, 5) is 13.4. The van der Waals surface area contributed by atoms with Crippen LogP contribution in [-0.4, -0.2) is 18.1 Å². The van der Waals surface area contributed by atoms with E-state index in [1.165, 1.54) is 24.0 Å². The van der Waals surface area contributed by atoms with E-state index in [-0.39, 0.29) is 11.5 Å². The van der Waals surface area contributed by atoms with Crippen molar-refractivity contribution in [1.82, 2.24) is 0 Å². The Bertz CT molecular complexity index is 786. The van der Waals surface area contributed by atoms with Crippen molar-refractivity contribution >= 4 is 11.6 Å². The zero-order valence-corrected chi connectivity index (χ0v) is 12.3. The van der Waals surface area contributed by atoms with Crippen LogP contribution in [0.3, 0.4) is 0 Å². The van der Waals surface area contributed by atoms with Gasteiger partial charge >= 0.3 is 6.18 Å². The summed E-state index contributed by atoms with van der Waals surface area (Å²) in [5.74, 6) is -1.09. The topological polar surface area (TPSA) is 20.3 Å². The van der Waals surface area contributed by atoms with Crippen LogP contribution in [0.1, 0.15) is 24.0 Å². The molecule has 2 aromatic rings. The highest BCUT2D eigenvalue weighted by Gasteiger charge is 2.83. The SMILES string of the molecule is CC(=O)N1c2ccccc2[C@H]2[C@@H]1[C@]2(c1ccccc1)C(F)(F)F. The van der Waals surface area contributed by atoms with Gasteiger partial charge in [0.05, 0.1) is 6.04 Å². The highest BCUT2D eigenvalue weighted by molar-refractivity contribution is 5.98. The maximum absolute atomic E-state index is 14.1. The Balaban J connectivity index is 1.95. The molecule has 1 aliphatic carbocycles. The van der Waals surface area contributed by atoms with E-state index < -0.39 is 23.6 Å². The number of alkyl halides is 3. The first-order chi connectivity index (χ1) is 10.9. The van der Waals surface area contributed by atoms with Gasteiger partial charge in [-0.2, -0.15) is 13.2 Å². The van der Waals surface area contributed by atoms with E-state index in [0.29, 0.717) is 11.3 Å². The summed E-state index contributed by atoms with van der Waals surface area (Å²) in [6.45, 7) is 1.32. The third-order valence-corrected chi connectivity index (χ3v) is 5.03. The molecular weight excluding hydrogens is 303 g/mol. The lowest BCUT2D eigenvalue weighted by atomic mass is 9.88. The van der Waals surface area contributed by atoms with Crippen LogP contribution in [0.15, 0.2) is 54.6 Å². The Hall–Kier alpha value is -2.30. The van der Waals surface area contributed by atoms with Gasteiger partial charge in [0.15, 0.2) is 0 Å². The molecule has 0 aromatic heterocycles. The van der Waals surface area contributed by atoms with Crippen molar-refractivity contribution in [3.05, 3.63) is 65.7 Å². The van der Waals surface area contributed by atoms with Crippen LogP contribution in [0.2, 0.25) is 0 Å². The van der Waals surface area contributed by atoms with Gasteiger partial charge in [0.1, 0.15) is 5.41 Å². The number of hydrogen-bond donors (Lipinski definition) is 0. The van der Waals surface area contributed by atoms with Crippen molar-refractivity contribution in [3.63, 3.8) is 0 Å². The van der Waals surface area contributed by atoms with E-state index in [2.05, 4.69) is 0 Å². The minimum Gasteiger partial charge on any atom is -0.307 e. The molecule has 1 heterocycles. The maximum Gasteiger partial charge on any atom is 0.401 e. The van der Waals surface area contributed by atoms with Crippen LogP contribution in [0, 0.1) is 0 Å². The van der Waals surface area contributed by atoms with Crippen LogP contribution < -0.4 is 4.90 Å². The van der Waals surface area contributed by atoms with Gasteiger partial charge < -0.3 is 4.90 Å². The van der Waals surface area contributed by atoms with Gasteiger partial charge in [-0.25, -0.2) is 0 Å². The standard InChI is InChI=1S/C18H14F3NO/c1-11(23)22-14-10-6-5-9-13(14)15-16(22)17(15,18(19,20)21)12-7-3-2-4-8-12/h2-10,15-16H,1H3/t15-,16+,17+/m0/s1. The first kappa shape index (κ1) is 14.3. The predicted molar refractivity (Wildman–Crippen MR) is 80.3 cm³/mol. The fourth-order valence-electron chi connectivity index (χ4n) is 4.19. The maximum atomic E-state index is 14.1. The van der Waals surface area contributed by atoms with Crippen molar-refractivity contribution in [2.24, 2.45) is 0 Å². The number of benzene rings is 2. The molecule has 0 unspecified atom stereocenters. The number of nitrogens with zero attached hydrogens (tertiary/aromatic N) is 1. The van der Waals surface area contributed by atoms with Gasteiger partial charge in [-0.05, 0) is 17.2 Å². The van der Waals surface area contributed by atoms with Crippen LogP contribution >= 0.6 is 0 Å². The summed E-state index contributed by atoms with van der Waals surface area (Å²) in [6.07, 6.45) is -4.43. The minimum atomic E-state index is -4.43. The van der Waals surface area contributed by atoms with Gasteiger partial charge in [-0.15, -0.1) is 0 Å². The van der Waals surface area contributed by atoms with E-state index in [1.54, 1.807) is 42.5 Å². The van der Waals surface area contributed by atoms with Gasteiger partial charge in [0, 0.05) is 18.5 Å². The molecule has 0 bridgehead atoms. The number of amides is 1. The van der Waals surface area contributed by atoms with E-state index in [0.717, 1.165) is 0 Å². The Morgan fingerprint density at radius 3 is 2.26 bits per heavy atom. The second kappa shape index (κ2) is 4.37. The lowest BCUT2D eigenvalue weighted by Gasteiger charge is -2.30. The van der Waals surface area contributed by atoms with Gasteiger partial charge in [0.25, 0.3) is 0 Å². The number of anilines is 1. The quantitative estimate of drug-likeness (QED) is 0.778. The van der Waals surface area contributed by atoms with Crippen molar-refractivity contribution in [3.8, 4) is 0 Å². The molecule has 0 saturated heterocycles. The summed E-state index contributed by atoms with van der Waals surface area (Å²) < 4.78 is 42.3. The Morgan fingerprint density at radius 2 is 1.65 bits per heavy atom. The molecule has 2 aromatic carbocycles. The minimum absolute atomic E-state index is 0.225. The van der Waals surface area contributed by atoms with Crippen LogP contribution in [0.4, 0.5) is 18.9 Å². The molecule has 0 spiro atoms. The van der Waals surface area contributed by atoms with E-state index in [1.807, 2.05) is 0 Å². The molecule has 23 heavy (non-hydrogen) atoms. The summed E-state index contributed by atoms with van der Waals surface area (Å²) in [7, 11) is 0. The first-order valence-corrected chi connectivity index (χ1v) is 7.41. The molecule has 4 rings (SSSR count).